The minimum atomic E-state index is -3.06. The van der Waals surface area contributed by atoms with Crippen LogP contribution < -0.4 is 4.90 Å². The number of carbonyl (C=O) groups excluding carboxylic acids is 2. The smallest absolute Gasteiger partial charge is 0.237 e. The molecule has 4 rings (SSSR count). The van der Waals surface area contributed by atoms with E-state index in [2.05, 4.69) is 4.90 Å². The molecule has 3 fully saturated rings. The first-order valence-corrected chi connectivity index (χ1v) is 13.3. The lowest BCUT2D eigenvalue weighted by Crippen LogP contribution is -2.54. The van der Waals surface area contributed by atoms with Crippen LogP contribution in [0.4, 0.5) is 10.1 Å². The molecule has 1 saturated carbocycles. The van der Waals surface area contributed by atoms with E-state index in [1.165, 1.54) is 13.0 Å². The van der Waals surface area contributed by atoms with Gasteiger partial charge in [0, 0.05) is 43.8 Å². The summed E-state index contributed by atoms with van der Waals surface area (Å²) in [6.07, 6.45) is 4.60. The van der Waals surface area contributed by atoms with Crippen LogP contribution in [0.1, 0.15) is 49.4 Å². The Morgan fingerprint density at radius 2 is 1.75 bits per heavy atom. The fourth-order valence-electron chi connectivity index (χ4n) is 5.28. The Morgan fingerprint density at radius 1 is 1.06 bits per heavy atom. The van der Waals surface area contributed by atoms with Crippen molar-refractivity contribution in [2.45, 2.75) is 51.1 Å². The number of hydrogen-bond donors (Lipinski definition) is 0. The van der Waals surface area contributed by atoms with Crippen LogP contribution in [0.25, 0.3) is 0 Å². The van der Waals surface area contributed by atoms with Crippen molar-refractivity contribution in [1.29, 1.82) is 0 Å². The Hall–Kier alpha value is -2.00. The Labute approximate surface area is 189 Å². The van der Waals surface area contributed by atoms with Crippen molar-refractivity contribution in [3.8, 4) is 0 Å². The second kappa shape index (κ2) is 9.47. The molecule has 0 N–H and O–H groups in total. The Bertz CT molecular complexity index is 969. The monoisotopic (exact) mass is 465 g/mol. The highest BCUT2D eigenvalue weighted by Gasteiger charge is 2.39. The number of anilines is 1. The number of amides is 1. The summed E-state index contributed by atoms with van der Waals surface area (Å²) < 4.78 is 38.6. The summed E-state index contributed by atoms with van der Waals surface area (Å²) in [6, 6.07) is 4.52. The number of Topliss-reactive ketones (excluding diaryl/α,β-unsaturated/α-hetero) is 1. The van der Waals surface area contributed by atoms with E-state index >= 15 is 0 Å². The van der Waals surface area contributed by atoms with E-state index in [-0.39, 0.29) is 41.8 Å². The molecule has 9 heteroatoms. The Kier molecular flexibility index (Phi) is 6.86. The molecule has 1 amide bonds. The zero-order valence-corrected chi connectivity index (χ0v) is 19.4. The van der Waals surface area contributed by atoms with Crippen LogP contribution >= 0.6 is 0 Å². The first-order valence-electron chi connectivity index (χ1n) is 11.5. The first kappa shape index (κ1) is 23.2. The van der Waals surface area contributed by atoms with E-state index in [1.807, 2.05) is 9.80 Å². The maximum atomic E-state index is 14.5. The number of ketones is 1. The minimum Gasteiger partial charge on any atom is -0.367 e. The van der Waals surface area contributed by atoms with Gasteiger partial charge in [-0.25, -0.2) is 12.8 Å². The van der Waals surface area contributed by atoms with Gasteiger partial charge in [-0.1, -0.05) is 12.8 Å². The van der Waals surface area contributed by atoms with E-state index < -0.39 is 15.7 Å². The highest BCUT2D eigenvalue weighted by molar-refractivity contribution is 7.91. The fourth-order valence-corrected chi connectivity index (χ4v) is 7.00. The summed E-state index contributed by atoms with van der Waals surface area (Å²) in [5.74, 6) is -0.304. The van der Waals surface area contributed by atoms with Crippen molar-refractivity contribution < 1.29 is 22.4 Å². The SMILES string of the molecule is CC(=O)c1ccc(N2CCN(CC(=O)N(C3CCCC3)C3CCS(=O)(=O)C3)CC2)c(F)c1. The molecular weight excluding hydrogens is 433 g/mol. The average molecular weight is 466 g/mol. The van der Waals surface area contributed by atoms with Crippen molar-refractivity contribution in [3.05, 3.63) is 29.6 Å². The lowest BCUT2D eigenvalue weighted by atomic mass is 10.1. The highest BCUT2D eigenvalue weighted by Crippen LogP contribution is 2.29. The highest BCUT2D eigenvalue weighted by atomic mass is 32.2. The van der Waals surface area contributed by atoms with Gasteiger partial charge in [-0.05, 0) is 44.4 Å². The second-order valence-corrected chi connectivity index (χ2v) is 11.5. The fraction of sp³-hybridized carbons (Fsp3) is 0.652. The molecule has 1 unspecified atom stereocenters. The van der Waals surface area contributed by atoms with Crippen molar-refractivity contribution in [2.24, 2.45) is 0 Å². The molecule has 32 heavy (non-hydrogen) atoms. The maximum absolute atomic E-state index is 14.5. The number of carbonyl (C=O) groups is 2. The van der Waals surface area contributed by atoms with Crippen LogP contribution in [0, 0.1) is 5.82 Å². The van der Waals surface area contributed by atoms with Gasteiger partial charge in [0.25, 0.3) is 0 Å². The van der Waals surface area contributed by atoms with E-state index in [1.54, 1.807) is 12.1 Å². The third-order valence-corrected chi connectivity index (χ3v) is 8.78. The minimum absolute atomic E-state index is 0.0180. The molecule has 0 radical (unpaired) electrons. The van der Waals surface area contributed by atoms with Gasteiger partial charge in [0.2, 0.25) is 5.91 Å². The number of hydrogen-bond acceptors (Lipinski definition) is 6. The van der Waals surface area contributed by atoms with E-state index in [4.69, 9.17) is 0 Å². The molecule has 1 aromatic rings. The molecule has 0 spiro atoms. The number of halogens is 1. The zero-order valence-electron chi connectivity index (χ0n) is 18.6. The molecule has 3 aliphatic rings. The molecule has 2 aliphatic heterocycles. The van der Waals surface area contributed by atoms with Gasteiger partial charge >= 0.3 is 0 Å². The molecule has 7 nitrogen and oxygen atoms in total. The summed E-state index contributed by atoms with van der Waals surface area (Å²) in [7, 11) is -3.06. The Morgan fingerprint density at radius 3 is 2.31 bits per heavy atom. The molecule has 1 aromatic carbocycles. The first-order chi connectivity index (χ1) is 15.2. The third-order valence-electron chi connectivity index (χ3n) is 7.03. The average Bonchev–Trinajstić information content (AvgIpc) is 3.39. The standard InChI is InChI=1S/C23H32FN3O4S/c1-17(28)18-6-7-22(21(24)14-18)26-11-9-25(10-12-26)15-23(29)27(19-4-2-3-5-19)20-8-13-32(30,31)16-20/h6-7,14,19-20H,2-5,8-13,15-16H2,1H3. The van der Waals surface area contributed by atoms with E-state index in [0.29, 0.717) is 43.9 Å². The van der Waals surface area contributed by atoms with Crippen LogP contribution in [0.15, 0.2) is 18.2 Å². The largest absolute Gasteiger partial charge is 0.367 e. The summed E-state index contributed by atoms with van der Waals surface area (Å²) in [5, 5.41) is 0. The number of piperazine rings is 1. The van der Waals surface area contributed by atoms with Gasteiger partial charge in [0.1, 0.15) is 5.82 Å². The third kappa shape index (κ3) is 5.14. The summed E-state index contributed by atoms with van der Waals surface area (Å²) >= 11 is 0. The maximum Gasteiger partial charge on any atom is 0.237 e. The van der Waals surface area contributed by atoms with Crippen LogP contribution in [0.5, 0.6) is 0 Å². The molecule has 2 saturated heterocycles. The zero-order chi connectivity index (χ0) is 22.9. The van der Waals surface area contributed by atoms with Crippen molar-refractivity contribution >= 4 is 27.2 Å². The van der Waals surface area contributed by atoms with Crippen molar-refractivity contribution in [1.82, 2.24) is 9.80 Å². The van der Waals surface area contributed by atoms with Gasteiger partial charge in [0.05, 0.1) is 23.7 Å². The quantitative estimate of drug-likeness (QED) is 0.599. The van der Waals surface area contributed by atoms with Crippen LogP contribution in [-0.2, 0) is 14.6 Å². The topological polar surface area (TPSA) is 78.0 Å². The molecule has 0 aromatic heterocycles. The molecule has 0 bridgehead atoms. The van der Waals surface area contributed by atoms with Crippen LogP contribution in [0.2, 0.25) is 0 Å². The lowest BCUT2D eigenvalue weighted by Gasteiger charge is -2.39. The second-order valence-electron chi connectivity index (χ2n) is 9.28. The molecule has 176 valence electrons. The van der Waals surface area contributed by atoms with Crippen LogP contribution in [-0.4, -0.2) is 86.2 Å². The Balaban J connectivity index is 1.37. The van der Waals surface area contributed by atoms with Crippen LogP contribution in [0.3, 0.4) is 0 Å². The predicted octanol–water partition coefficient (Wildman–Crippen LogP) is 2.11. The number of rotatable bonds is 6. The van der Waals surface area contributed by atoms with Gasteiger partial charge < -0.3 is 9.80 Å². The summed E-state index contributed by atoms with van der Waals surface area (Å²) in [5.41, 5.74) is 0.834. The molecule has 1 aliphatic carbocycles. The normalized spacial score (nSPS) is 24.1. The van der Waals surface area contributed by atoms with Crippen molar-refractivity contribution in [3.63, 3.8) is 0 Å². The summed E-state index contributed by atoms with van der Waals surface area (Å²) in [6.45, 7) is 4.12. The van der Waals surface area contributed by atoms with Crippen molar-refractivity contribution in [2.75, 3.05) is 49.1 Å². The summed E-state index contributed by atoms with van der Waals surface area (Å²) in [4.78, 5) is 30.7. The lowest BCUT2D eigenvalue weighted by molar-refractivity contribution is -0.137. The van der Waals surface area contributed by atoms with E-state index in [9.17, 15) is 22.4 Å². The van der Waals surface area contributed by atoms with E-state index in [0.717, 1.165) is 25.7 Å². The predicted molar refractivity (Wildman–Crippen MR) is 121 cm³/mol. The van der Waals surface area contributed by atoms with Gasteiger partial charge in [-0.2, -0.15) is 0 Å². The molecule has 2 heterocycles. The van der Waals surface area contributed by atoms with Gasteiger partial charge in [-0.15, -0.1) is 0 Å². The number of sulfone groups is 1. The van der Waals surface area contributed by atoms with Gasteiger partial charge in [0.15, 0.2) is 15.6 Å². The molecule has 1 atom stereocenters. The molecular formula is C23H32FN3O4S. The number of nitrogens with zero attached hydrogens (tertiary/aromatic N) is 3. The number of benzene rings is 1. The van der Waals surface area contributed by atoms with Gasteiger partial charge in [-0.3, -0.25) is 14.5 Å².